The van der Waals surface area contributed by atoms with E-state index in [1.54, 1.807) is 18.2 Å². The first kappa shape index (κ1) is 17.9. The third-order valence-electron chi connectivity index (χ3n) is 4.47. The minimum atomic E-state index is -3.74. The maximum atomic E-state index is 12.7. The van der Waals surface area contributed by atoms with E-state index in [4.69, 9.17) is 5.73 Å². The molecule has 1 atom stereocenters. The van der Waals surface area contributed by atoms with Crippen molar-refractivity contribution in [3.63, 3.8) is 0 Å². The molecule has 0 saturated carbocycles. The van der Waals surface area contributed by atoms with E-state index in [-0.39, 0.29) is 16.4 Å². The molecule has 3 rings (SSSR count). The molecule has 0 bridgehead atoms. The van der Waals surface area contributed by atoms with Crippen LogP contribution in [0.4, 0.5) is 5.69 Å². The molecule has 0 amide bonds. The second-order valence-electron chi connectivity index (χ2n) is 6.23. The van der Waals surface area contributed by atoms with Crippen LogP contribution in [0.3, 0.4) is 0 Å². The molecule has 25 heavy (non-hydrogen) atoms. The fraction of sp³-hybridized carbons (Fsp3) is 0.294. The minimum Gasteiger partial charge on any atom is -0.399 e. The molecule has 1 aliphatic rings. The molecule has 2 N–H and O–H groups in total. The fourth-order valence-electron chi connectivity index (χ4n) is 2.96. The van der Waals surface area contributed by atoms with Crippen LogP contribution in [-0.2, 0) is 19.9 Å². The Labute approximate surface area is 148 Å². The van der Waals surface area contributed by atoms with Crippen LogP contribution in [0.2, 0.25) is 0 Å². The normalized spacial score (nSPS) is 20.0. The van der Waals surface area contributed by atoms with Crippen molar-refractivity contribution in [2.75, 3.05) is 24.3 Å². The summed E-state index contributed by atoms with van der Waals surface area (Å²) in [5.74, 6) is -0.0873. The van der Waals surface area contributed by atoms with Gasteiger partial charge in [-0.25, -0.2) is 16.8 Å². The second kappa shape index (κ2) is 6.44. The topological polar surface area (TPSA) is 97.5 Å². The lowest BCUT2D eigenvalue weighted by molar-refractivity contribution is 0.394. The number of hydrogen-bond donors (Lipinski definition) is 1. The monoisotopic (exact) mass is 380 g/mol. The van der Waals surface area contributed by atoms with Gasteiger partial charge in [-0.3, -0.25) is 0 Å². The van der Waals surface area contributed by atoms with Gasteiger partial charge in [-0.2, -0.15) is 4.31 Å². The number of rotatable bonds is 4. The summed E-state index contributed by atoms with van der Waals surface area (Å²) in [5.41, 5.74) is 8.17. The zero-order valence-corrected chi connectivity index (χ0v) is 15.4. The van der Waals surface area contributed by atoms with E-state index in [9.17, 15) is 16.8 Å². The van der Waals surface area contributed by atoms with E-state index < -0.39 is 25.9 Å². The number of anilines is 1. The van der Waals surface area contributed by atoms with Gasteiger partial charge in [-0.15, -0.1) is 0 Å². The first-order chi connectivity index (χ1) is 11.7. The van der Waals surface area contributed by atoms with Gasteiger partial charge in [0.15, 0.2) is 9.84 Å². The molecule has 134 valence electrons. The third-order valence-corrected chi connectivity index (χ3v) is 8.15. The van der Waals surface area contributed by atoms with Crippen LogP contribution in [-0.4, -0.2) is 45.7 Å². The number of sulfone groups is 1. The number of nitrogens with zero attached hydrogens (tertiary/aromatic N) is 1. The Kier molecular flexibility index (Phi) is 4.61. The highest BCUT2D eigenvalue weighted by molar-refractivity contribution is 7.92. The van der Waals surface area contributed by atoms with Gasteiger partial charge in [-0.1, -0.05) is 24.3 Å². The predicted octanol–water partition coefficient (Wildman–Crippen LogP) is 1.74. The van der Waals surface area contributed by atoms with E-state index in [0.717, 1.165) is 11.1 Å². The average Bonchev–Trinajstić information content (AvgIpc) is 2.94. The van der Waals surface area contributed by atoms with E-state index in [0.29, 0.717) is 12.1 Å². The van der Waals surface area contributed by atoms with Crippen LogP contribution in [0, 0.1) is 0 Å². The number of benzene rings is 2. The van der Waals surface area contributed by atoms with E-state index >= 15 is 0 Å². The van der Waals surface area contributed by atoms with Crippen molar-refractivity contribution in [1.29, 1.82) is 0 Å². The molecule has 0 aromatic heterocycles. The summed E-state index contributed by atoms with van der Waals surface area (Å²) in [5, 5.41) is 0. The Morgan fingerprint density at radius 1 is 1.08 bits per heavy atom. The molecule has 2 aromatic carbocycles. The van der Waals surface area contributed by atoms with E-state index in [1.165, 1.54) is 23.5 Å². The highest BCUT2D eigenvalue weighted by Crippen LogP contribution is 2.26. The van der Waals surface area contributed by atoms with Crippen LogP contribution in [0.5, 0.6) is 0 Å². The summed E-state index contributed by atoms with van der Waals surface area (Å²) in [4.78, 5) is 0.145. The van der Waals surface area contributed by atoms with Gasteiger partial charge < -0.3 is 5.73 Å². The average molecular weight is 380 g/mol. The predicted molar refractivity (Wildman–Crippen MR) is 98.3 cm³/mol. The minimum absolute atomic E-state index is 0.0336. The van der Waals surface area contributed by atoms with Crippen LogP contribution < -0.4 is 5.73 Å². The molecule has 8 heteroatoms. The summed E-state index contributed by atoms with van der Waals surface area (Å²) < 4.78 is 49.9. The lowest BCUT2D eigenvalue weighted by atomic mass is 10.1. The van der Waals surface area contributed by atoms with Crippen molar-refractivity contribution >= 4 is 25.5 Å². The summed E-state index contributed by atoms with van der Waals surface area (Å²) in [6, 6.07) is 13.3. The van der Waals surface area contributed by atoms with Gasteiger partial charge in [-0.05, 0) is 41.8 Å². The first-order valence-electron chi connectivity index (χ1n) is 7.83. The van der Waals surface area contributed by atoms with Gasteiger partial charge in [0, 0.05) is 18.8 Å². The largest absolute Gasteiger partial charge is 0.399 e. The number of nitrogens with two attached hydrogens (primary N) is 1. The molecule has 2 aromatic rings. The highest BCUT2D eigenvalue weighted by atomic mass is 32.2. The van der Waals surface area contributed by atoms with Crippen molar-refractivity contribution < 1.29 is 16.8 Å². The summed E-state index contributed by atoms with van der Waals surface area (Å²) in [7, 11) is -5.45. The zero-order valence-electron chi connectivity index (χ0n) is 13.8. The smallest absolute Gasteiger partial charge is 0.243 e. The fourth-order valence-corrected chi connectivity index (χ4v) is 6.22. The van der Waals surface area contributed by atoms with Crippen LogP contribution in [0.25, 0.3) is 11.1 Å². The van der Waals surface area contributed by atoms with Gasteiger partial charge in [0.05, 0.1) is 16.4 Å². The molecule has 1 unspecified atom stereocenters. The molecule has 1 aliphatic heterocycles. The second-order valence-corrected chi connectivity index (χ2v) is 10.5. The molecular weight excluding hydrogens is 360 g/mol. The van der Waals surface area contributed by atoms with Gasteiger partial charge in [0.2, 0.25) is 10.0 Å². The van der Waals surface area contributed by atoms with Gasteiger partial charge in [0.25, 0.3) is 0 Å². The Morgan fingerprint density at radius 2 is 1.76 bits per heavy atom. The van der Waals surface area contributed by atoms with Crippen LogP contribution >= 0.6 is 0 Å². The number of nitrogen functional groups attached to an aromatic ring is 1. The SMILES string of the molecule is CN(C1CCS(=O)(=O)C1)S(=O)(=O)c1ccc(-c2cccc(N)c2)cc1. The van der Waals surface area contributed by atoms with Gasteiger partial charge >= 0.3 is 0 Å². The molecule has 0 spiro atoms. The highest BCUT2D eigenvalue weighted by Gasteiger charge is 2.36. The zero-order chi connectivity index (χ0) is 18.2. The molecule has 6 nitrogen and oxygen atoms in total. The maximum Gasteiger partial charge on any atom is 0.243 e. The quantitative estimate of drug-likeness (QED) is 0.815. The Morgan fingerprint density at radius 3 is 2.32 bits per heavy atom. The van der Waals surface area contributed by atoms with Crippen molar-refractivity contribution in [3.8, 4) is 11.1 Å². The molecular formula is C17H20N2O4S2. The number of sulfonamides is 1. The van der Waals surface area contributed by atoms with E-state index in [1.807, 2.05) is 18.2 Å². The Balaban J connectivity index is 1.86. The summed E-state index contributed by atoms with van der Waals surface area (Å²) in [6.07, 6.45) is 0.333. The number of hydrogen-bond acceptors (Lipinski definition) is 5. The maximum absolute atomic E-state index is 12.7. The lowest BCUT2D eigenvalue weighted by Gasteiger charge is -2.22. The molecule has 0 radical (unpaired) electrons. The van der Waals surface area contributed by atoms with Crippen LogP contribution in [0.1, 0.15) is 6.42 Å². The molecule has 1 heterocycles. The standard InChI is InChI=1S/C17H20N2O4S2/c1-19(16-9-10-24(20,21)12-16)25(22,23)17-7-5-13(6-8-17)14-3-2-4-15(18)11-14/h2-8,11,16H,9-10,12,18H2,1H3. The summed E-state index contributed by atoms with van der Waals surface area (Å²) >= 11 is 0. The van der Waals surface area contributed by atoms with Crippen molar-refractivity contribution in [2.24, 2.45) is 0 Å². The van der Waals surface area contributed by atoms with Crippen LogP contribution in [0.15, 0.2) is 53.4 Å². The van der Waals surface area contributed by atoms with Crippen molar-refractivity contribution in [2.45, 2.75) is 17.4 Å². The first-order valence-corrected chi connectivity index (χ1v) is 11.1. The Bertz CT molecular complexity index is 984. The third kappa shape index (κ3) is 3.70. The summed E-state index contributed by atoms with van der Waals surface area (Å²) in [6.45, 7) is 0. The molecule has 1 fully saturated rings. The van der Waals surface area contributed by atoms with E-state index in [2.05, 4.69) is 0 Å². The van der Waals surface area contributed by atoms with Crippen molar-refractivity contribution in [1.82, 2.24) is 4.31 Å². The molecule has 0 aliphatic carbocycles. The van der Waals surface area contributed by atoms with Gasteiger partial charge in [0.1, 0.15) is 0 Å². The molecule has 1 saturated heterocycles. The van der Waals surface area contributed by atoms with Crippen molar-refractivity contribution in [3.05, 3.63) is 48.5 Å². The lowest BCUT2D eigenvalue weighted by Crippen LogP contribution is -2.37. The Hall–Kier alpha value is -1.90.